The molecule has 0 bridgehead atoms. The van der Waals surface area contributed by atoms with Crippen LogP contribution in [0.2, 0.25) is 0 Å². The van der Waals surface area contributed by atoms with Gasteiger partial charge < -0.3 is 5.73 Å². The first-order chi connectivity index (χ1) is 6.33. The van der Waals surface area contributed by atoms with Crippen LogP contribution in [0.4, 0.5) is 0 Å². The van der Waals surface area contributed by atoms with Crippen LogP contribution in [0.15, 0.2) is 11.4 Å². The van der Waals surface area contributed by atoms with E-state index in [4.69, 9.17) is 5.73 Å². The summed E-state index contributed by atoms with van der Waals surface area (Å²) in [7, 11) is 0. The molecule has 0 radical (unpaired) electrons. The zero-order chi connectivity index (χ0) is 9.26. The minimum atomic E-state index is 0.323. The molecule has 1 aliphatic rings. The highest BCUT2D eigenvalue weighted by molar-refractivity contribution is 7.10. The van der Waals surface area contributed by atoms with Gasteiger partial charge in [-0.1, -0.05) is 13.3 Å². The Morgan fingerprint density at radius 2 is 2.38 bits per heavy atom. The minimum Gasteiger partial charge on any atom is -0.323 e. The molecule has 1 aromatic rings. The molecule has 1 heterocycles. The molecule has 13 heavy (non-hydrogen) atoms. The van der Waals surface area contributed by atoms with Crippen molar-refractivity contribution in [3.05, 3.63) is 21.9 Å². The van der Waals surface area contributed by atoms with Crippen molar-refractivity contribution in [2.45, 2.75) is 38.6 Å². The third kappa shape index (κ3) is 1.65. The fourth-order valence-corrected chi connectivity index (χ4v) is 3.04. The number of hydrogen-bond donors (Lipinski definition) is 1. The van der Waals surface area contributed by atoms with Crippen LogP contribution >= 0.6 is 11.3 Å². The van der Waals surface area contributed by atoms with Crippen molar-refractivity contribution in [1.82, 2.24) is 0 Å². The molecule has 0 aliphatic heterocycles. The van der Waals surface area contributed by atoms with Gasteiger partial charge in [-0.25, -0.2) is 0 Å². The number of rotatable bonds is 3. The lowest BCUT2D eigenvalue weighted by atomic mass is 9.79. The predicted octanol–water partition coefficient (Wildman–Crippen LogP) is 3.11. The van der Waals surface area contributed by atoms with Gasteiger partial charge >= 0.3 is 0 Å². The molecule has 1 aromatic heterocycles. The van der Waals surface area contributed by atoms with E-state index in [0.717, 1.165) is 12.3 Å². The molecule has 1 unspecified atom stereocenters. The highest BCUT2D eigenvalue weighted by Crippen LogP contribution is 2.39. The summed E-state index contributed by atoms with van der Waals surface area (Å²) < 4.78 is 0. The third-order valence-corrected chi connectivity index (χ3v) is 4.18. The summed E-state index contributed by atoms with van der Waals surface area (Å²) in [6.45, 7) is 2.21. The van der Waals surface area contributed by atoms with E-state index in [-0.39, 0.29) is 0 Å². The Bertz CT molecular complexity index is 275. The zero-order valence-corrected chi connectivity index (χ0v) is 8.94. The van der Waals surface area contributed by atoms with E-state index in [1.807, 2.05) is 11.3 Å². The summed E-state index contributed by atoms with van der Waals surface area (Å²) in [6, 6.07) is 2.54. The van der Waals surface area contributed by atoms with Crippen molar-refractivity contribution < 1.29 is 0 Å². The molecule has 2 rings (SSSR count). The smallest absolute Gasteiger partial charge is 0.0421 e. The average Bonchev–Trinajstić information content (AvgIpc) is 2.47. The summed E-state index contributed by atoms with van der Waals surface area (Å²) in [6.07, 6.45) is 5.18. The summed E-state index contributed by atoms with van der Waals surface area (Å²) in [5, 5.41) is 2.17. The normalized spacial score (nSPS) is 19.8. The van der Waals surface area contributed by atoms with Gasteiger partial charge in [0.15, 0.2) is 0 Å². The van der Waals surface area contributed by atoms with Crippen LogP contribution in [0, 0.1) is 5.92 Å². The molecule has 1 aliphatic carbocycles. The monoisotopic (exact) mass is 195 g/mol. The van der Waals surface area contributed by atoms with Crippen LogP contribution in [0.5, 0.6) is 0 Å². The van der Waals surface area contributed by atoms with E-state index in [9.17, 15) is 0 Å². The fraction of sp³-hybridized carbons (Fsp3) is 0.636. The highest BCUT2D eigenvalue weighted by atomic mass is 32.1. The molecular weight excluding hydrogens is 178 g/mol. The molecule has 2 N–H and O–H groups in total. The van der Waals surface area contributed by atoms with E-state index in [1.165, 1.54) is 29.7 Å². The third-order valence-electron chi connectivity index (χ3n) is 3.12. The Labute approximate surface area is 84.0 Å². The maximum atomic E-state index is 6.23. The van der Waals surface area contributed by atoms with Crippen molar-refractivity contribution in [3.8, 4) is 0 Å². The van der Waals surface area contributed by atoms with E-state index in [2.05, 4.69) is 18.4 Å². The van der Waals surface area contributed by atoms with E-state index < -0.39 is 0 Å². The quantitative estimate of drug-likeness (QED) is 0.788. The summed E-state index contributed by atoms with van der Waals surface area (Å²) in [5.41, 5.74) is 7.69. The van der Waals surface area contributed by atoms with Gasteiger partial charge in [0.2, 0.25) is 0 Å². The van der Waals surface area contributed by atoms with Crippen molar-refractivity contribution >= 4 is 11.3 Å². The molecule has 1 atom stereocenters. The first kappa shape index (κ1) is 9.22. The molecule has 0 saturated heterocycles. The molecular formula is C11H17NS. The Morgan fingerprint density at radius 3 is 2.92 bits per heavy atom. The second-order valence-electron chi connectivity index (χ2n) is 3.88. The van der Waals surface area contributed by atoms with Gasteiger partial charge in [0.05, 0.1) is 0 Å². The van der Waals surface area contributed by atoms with Crippen molar-refractivity contribution in [2.24, 2.45) is 11.7 Å². The molecule has 1 nitrogen and oxygen atoms in total. The van der Waals surface area contributed by atoms with Crippen molar-refractivity contribution in [2.75, 3.05) is 0 Å². The lowest BCUT2D eigenvalue weighted by Gasteiger charge is -2.31. The Kier molecular flexibility index (Phi) is 2.70. The Balaban J connectivity index is 2.13. The van der Waals surface area contributed by atoms with Crippen molar-refractivity contribution in [3.63, 3.8) is 0 Å². The summed E-state index contributed by atoms with van der Waals surface area (Å²) >= 11 is 1.83. The second-order valence-corrected chi connectivity index (χ2v) is 4.83. The number of nitrogens with two attached hydrogens (primary N) is 1. The minimum absolute atomic E-state index is 0.323. The van der Waals surface area contributed by atoms with Crippen LogP contribution < -0.4 is 5.73 Å². The topological polar surface area (TPSA) is 26.0 Å². The molecule has 1 fully saturated rings. The molecule has 2 heteroatoms. The van der Waals surface area contributed by atoms with Crippen LogP contribution in [0.25, 0.3) is 0 Å². The average molecular weight is 195 g/mol. The van der Waals surface area contributed by atoms with Gasteiger partial charge in [-0.2, -0.15) is 0 Å². The summed E-state index contributed by atoms with van der Waals surface area (Å²) in [5.74, 6) is 0.768. The first-order valence-corrected chi connectivity index (χ1v) is 6.02. The Morgan fingerprint density at radius 1 is 1.62 bits per heavy atom. The largest absolute Gasteiger partial charge is 0.323 e. The highest BCUT2D eigenvalue weighted by Gasteiger charge is 2.27. The first-order valence-electron chi connectivity index (χ1n) is 5.14. The van der Waals surface area contributed by atoms with Crippen molar-refractivity contribution in [1.29, 1.82) is 0 Å². The van der Waals surface area contributed by atoms with Crippen LogP contribution in [0.1, 0.15) is 42.7 Å². The molecule has 1 saturated carbocycles. The zero-order valence-electron chi connectivity index (χ0n) is 8.12. The number of thiophene rings is 1. The lowest BCUT2D eigenvalue weighted by Crippen LogP contribution is -2.26. The predicted molar refractivity (Wildman–Crippen MR) is 58.0 cm³/mol. The van der Waals surface area contributed by atoms with E-state index in [1.54, 1.807) is 0 Å². The van der Waals surface area contributed by atoms with Gasteiger partial charge in [-0.3, -0.25) is 0 Å². The van der Waals surface area contributed by atoms with E-state index in [0.29, 0.717) is 6.04 Å². The lowest BCUT2D eigenvalue weighted by molar-refractivity contribution is 0.266. The number of hydrogen-bond acceptors (Lipinski definition) is 2. The SMILES string of the molecule is CCc1ccsc1C(N)C1CCC1. The van der Waals surface area contributed by atoms with Crippen LogP contribution in [0.3, 0.4) is 0 Å². The summed E-state index contributed by atoms with van der Waals surface area (Å²) in [4.78, 5) is 1.44. The van der Waals surface area contributed by atoms with Gasteiger partial charge in [-0.05, 0) is 42.2 Å². The van der Waals surface area contributed by atoms with Gasteiger partial charge in [0.25, 0.3) is 0 Å². The fourth-order valence-electron chi connectivity index (χ4n) is 1.95. The molecule has 0 aromatic carbocycles. The second kappa shape index (κ2) is 3.81. The van der Waals surface area contributed by atoms with Crippen LogP contribution in [-0.2, 0) is 6.42 Å². The standard InChI is InChI=1S/C11H17NS/c1-2-8-6-7-13-11(8)10(12)9-4-3-5-9/h6-7,9-10H,2-5,12H2,1H3. The molecule has 0 spiro atoms. The van der Waals surface area contributed by atoms with Gasteiger partial charge in [0.1, 0.15) is 0 Å². The maximum Gasteiger partial charge on any atom is 0.0421 e. The maximum absolute atomic E-state index is 6.23. The van der Waals surface area contributed by atoms with Gasteiger partial charge in [-0.15, -0.1) is 11.3 Å². The molecule has 0 amide bonds. The number of aryl methyl sites for hydroxylation is 1. The van der Waals surface area contributed by atoms with Gasteiger partial charge in [0, 0.05) is 10.9 Å². The molecule has 72 valence electrons. The van der Waals surface area contributed by atoms with E-state index >= 15 is 0 Å². The Hall–Kier alpha value is -0.340. The van der Waals surface area contributed by atoms with Crippen LogP contribution in [-0.4, -0.2) is 0 Å².